The lowest BCUT2D eigenvalue weighted by molar-refractivity contribution is 1.02. The van der Waals surface area contributed by atoms with Gasteiger partial charge in [-0.05, 0) is 12.0 Å². The number of hydrogen-bond acceptors (Lipinski definition) is 3. The van der Waals surface area contributed by atoms with Gasteiger partial charge in [-0.15, -0.1) is 0 Å². The molecule has 2 N–H and O–H groups in total. The van der Waals surface area contributed by atoms with Crippen LogP contribution in [-0.4, -0.2) is 14.4 Å². The first-order chi connectivity index (χ1) is 5.81. The second-order valence-electron chi connectivity index (χ2n) is 2.67. The van der Waals surface area contributed by atoms with E-state index in [-0.39, 0.29) is 0 Å². The largest absolute Gasteiger partial charge is 0.383 e. The lowest BCUT2D eigenvalue weighted by atomic mass is 10.3. The Bertz CT molecular complexity index is 404. The molecule has 2 heterocycles. The zero-order chi connectivity index (χ0) is 8.55. The molecule has 62 valence electrons. The highest BCUT2D eigenvalue weighted by Crippen LogP contribution is 2.07. The maximum Gasteiger partial charge on any atom is 0.235 e. The third-order valence-corrected chi connectivity index (χ3v) is 1.85. The van der Waals surface area contributed by atoms with E-state index >= 15 is 0 Å². The number of nitrogens with two attached hydrogens (primary N) is 1. The molecule has 4 heteroatoms. The first-order valence-corrected chi connectivity index (χ1v) is 3.88. The van der Waals surface area contributed by atoms with Gasteiger partial charge in [-0.1, -0.05) is 6.92 Å². The van der Waals surface area contributed by atoms with Crippen LogP contribution in [0.15, 0.2) is 18.6 Å². The summed E-state index contributed by atoms with van der Waals surface area (Å²) in [6, 6.07) is 0. The molecule has 0 aliphatic heterocycles. The summed E-state index contributed by atoms with van der Waals surface area (Å²) in [7, 11) is 0. The molecule has 0 saturated heterocycles. The van der Waals surface area contributed by atoms with E-state index < -0.39 is 0 Å². The Balaban J connectivity index is 2.71. The van der Waals surface area contributed by atoms with E-state index in [0.29, 0.717) is 11.6 Å². The lowest BCUT2D eigenvalue weighted by Crippen LogP contribution is -1.96. The van der Waals surface area contributed by atoms with Crippen LogP contribution in [0.3, 0.4) is 0 Å². The standard InChI is InChI=1S/C8H10N4/c1-2-6-3-10-8-11-4-7(9)12(8)5-6/h3-5H,2,9H2,1H3. The predicted molar refractivity (Wildman–Crippen MR) is 46.8 cm³/mol. The van der Waals surface area contributed by atoms with E-state index in [1.165, 1.54) is 0 Å². The summed E-state index contributed by atoms with van der Waals surface area (Å²) in [6.07, 6.45) is 6.36. The van der Waals surface area contributed by atoms with Gasteiger partial charge in [0.1, 0.15) is 5.82 Å². The van der Waals surface area contributed by atoms with Crippen molar-refractivity contribution < 1.29 is 0 Å². The summed E-state index contributed by atoms with van der Waals surface area (Å²) in [5.74, 6) is 1.29. The topological polar surface area (TPSA) is 56.2 Å². The van der Waals surface area contributed by atoms with Gasteiger partial charge in [0.15, 0.2) is 0 Å². The van der Waals surface area contributed by atoms with Gasteiger partial charge in [0.2, 0.25) is 5.78 Å². The van der Waals surface area contributed by atoms with Gasteiger partial charge in [-0.3, -0.25) is 4.40 Å². The number of nitrogens with zero attached hydrogens (tertiary/aromatic N) is 3. The average Bonchev–Trinajstić information content (AvgIpc) is 2.47. The van der Waals surface area contributed by atoms with Gasteiger partial charge in [-0.25, -0.2) is 9.97 Å². The monoisotopic (exact) mass is 162 g/mol. The maximum atomic E-state index is 5.66. The number of aryl methyl sites for hydroxylation is 1. The normalized spacial score (nSPS) is 10.8. The van der Waals surface area contributed by atoms with Crippen LogP contribution in [0.25, 0.3) is 5.78 Å². The van der Waals surface area contributed by atoms with Crippen LogP contribution >= 0.6 is 0 Å². The minimum absolute atomic E-state index is 0.632. The predicted octanol–water partition coefficient (Wildman–Crippen LogP) is 0.874. The van der Waals surface area contributed by atoms with Crippen LogP contribution in [0.1, 0.15) is 12.5 Å². The van der Waals surface area contributed by atoms with Crippen molar-refractivity contribution in [2.45, 2.75) is 13.3 Å². The van der Waals surface area contributed by atoms with Gasteiger partial charge < -0.3 is 5.73 Å². The van der Waals surface area contributed by atoms with Crippen molar-refractivity contribution in [1.82, 2.24) is 14.4 Å². The third-order valence-electron chi connectivity index (χ3n) is 1.85. The summed E-state index contributed by atoms with van der Waals surface area (Å²) in [6.45, 7) is 2.08. The highest BCUT2D eigenvalue weighted by Gasteiger charge is 1.99. The number of nitrogen functional groups attached to an aromatic ring is 1. The first kappa shape index (κ1) is 7.09. The molecule has 0 unspecified atom stereocenters. The molecule has 2 aromatic rings. The molecule has 0 bridgehead atoms. The number of rotatable bonds is 1. The Morgan fingerprint density at radius 1 is 1.42 bits per heavy atom. The van der Waals surface area contributed by atoms with Crippen LogP contribution < -0.4 is 5.73 Å². The average molecular weight is 162 g/mol. The molecule has 12 heavy (non-hydrogen) atoms. The summed E-state index contributed by atoms with van der Waals surface area (Å²) >= 11 is 0. The zero-order valence-corrected chi connectivity index (χ0v) is 6.86. The molecule has 0 aliphatic rings. The van der Waals surface area contributed by atoms with Gasteiger partial charge in [0, 0.05) is 12.4 Å². The number of fused-ring (bicyclic) bond motifs is 1. The molecule has 0 aliphatic carbocycles. The second-order valence-corrected chi connectivity index (χ2v) is 2.67. The number of imidazole rings is 1. The van der Waals surface area contributed by atoms with E-state index in [1.807, 2.05) is 12.4 Å². The maximum absolute atomic E-state index is 5.66. The summed E-state index contributed by atoms with van der Waals surface area (Å²) < 4.78 is 1.79. The van der Waals surface area contributed by atoms with Crippen LogP contribution in [0, 0.1) is 0 Å². The smallest absolute Gasteiger partial charge is 0.235 e. The fraction of sp³-hybridized carbons (Fsp3) is 0.250. The highest BCUT2D eigenvalue weighted by atomic mass is 15.1. The summed E-state index contributed by atoms with van der Waals surface area (Å²) in [4.78, 5) is 8.17. The van der Waals surface area contributed by atoms with Crippen LogP contribution in [0.5, 0.6) is 0 Å². The fourth-order valence-electron chi connectivity index (χ4n) is 1.11. The van der Waals surface area contributed by atoms with Crippen molar-refractivity contribution in [1.29, 1.82) is 0 Å². The van der Waals surface area contributed by atoms with Crippen molar-refractivity contribution in [3.63, 3.8) is 0 Å². The SMILES string of the molecule is CCc1cnc2ncc(N)n2c1. The van der Waals surface area contributed by atoms with Gasteiger partial charge in [0.05, 0.1) is 6.20 Å². The summed E-state index contributed by atoms with van der Waals surface area (Å²) in [5, 5.41) is 0. The number of anilines is 1. The van der Waals surface area contributed by atoms with E-state index in [2.05, 4.69) is 16.9 Å². The molecule has 0 aromatic carbocycles. The van der Waals surface area contributed by atoms with E-state index in [4.69, 9.17) is 5.73 Å². The molecule has 2 aromatic heterocycles. The second kappa shape index (κ2) is 2.48. The molecule has 0 atom stereocenters. The highest BCUT2D eigenvalue weighted by molar-refractivity contribution is 5.42. The Kier molecular flexibility index (Phi) is 1.46. The quantitative estimate of drug-likeness (QED) is 0.677. The van der Waals surface area contributed by atoms with E-state index in [0.717, 1.165) is 12.0 Å². The molecule has 0 saturated carbocycles. The Hall–Kier alpha value is -1.58. The zero-order valence-electron chi connectivity index (χ0n) is 6.86. The van der Waals surface area contributed by atoms with Crippen molar-refractivity contribution in [2.24, 2.45) is 0 Å². The van der Waals surface area contributed by atoms with Crippen molar-refractivity contribution in [2.75, 3.05) is 5.73 Å². The molecule has 2 rings (SSSR count). The van der Waals surface area contributed by atoms with Gasteiger partial charge >= 0.3 is 0 Å². The molecule has 0 fully saturated rings. The fourth-order valence-corrected chi connectivity index (χ4v) is 1.11. The summed E-state index contributed by atoms with van der Waals surface area (Å²) in [5.41, 5.74) is 6.82. The molecular formula is C8H10N4. The number of hydrogen-bond donors (Lipinski definition) is 1. The molecule has 0 radical (unpaired) electrons. The van der Waals surface area contributed by atoms with Crippen molar-refractivity contribution in [3.05, 3.63) is 24.2 Å². The first-order valence-electron chi connectivity index (χ1n) is 3.88. The minimum Gasteiger partial charge on any atom is -0.383 e. The molecule has 4 nitrogen and oxygen atoms in total. The molecule has 0 amide bonds. The Labute approximate surface area is 70.1 Å². The van der Waals surface area contributed by atoms with Crippen LogP contribution in [0.4, 0.5) is 5.82 Å². The lowest BCUT2D eigenvalue weighted by Gasteiger charge is -1.98. The van der Waals surface area contributed by atoms with Gasteiger partial charge in [-0.2, -0.15) is 0 Å². The molecular weight excluding hydrogens is 152 g/mol. The number of aromatic nitrogens is 3. The third kappa shape index (κ3) is 0.922. The van der Waals surface area contributed by atoms with E-state index in [1.54, 1.807) is 10.6 Å². The van der Waals surface area contributed by atoms with E-state index in [9.17, 15) is 0 Å². The Morgan fingerprint density at radius 3 is 2.92 bits per heavy atom. The molecule has 0 spiro atoms. The van der Waals surface area contributed by atoms with Crippen LogP contribution in [-0.2, 0) is 6.42 Å². The van der Waals surface area contributed by atoms with Crippen molar-refractivity contribution in [3.8, 4) is 0 Å². The Morgan fingerprint density at radius 2 is 2.17 bits per heavy atom. The minimum atomic E-state index is 0.632. The van der Waals surface area contributed by atoms with Crippen molar-refractivity contribution >= 4 is 11.6 Å². The van der Waals surface area contributed by atoms with Gasteiger partial charge in [0.25, 0.3) is 0 Å². The van der Waals surface area contributed by atoms with Crippen LogP contribution in [0.2, 0.25) is 0 Å².